The van der Waals surface area contributed by atoms with Crippen molar-refractivity contribution >= 4 is 146 Å². The minimum atomic E-state index is -5.53. The normalized spacial score (nSPS) is 12.0. The van der Waals surface area contributed by atoms with Crippen molar-refractivity contribution in [3.8, 4) is 5.75 Å². The molecule has 0 saturated heterocycles. The van der Waals surface area contributed by atoms with Crippen molar-refractivity contribution < 1.29 is 199 Å². The Morgan fingerprint density at radius 1 is 0.817 bits per heavy atom. The van der Waals surface area contributed by atoms with Gasteiger partial charge in [-0.2, -0.15) is 28.8 Å². The first-order valence-electron chi connectivity index (χ1n) is 18.1. The van der Waals surface area contributed by atoms with Crippen molar-refractivity contribution in [2.45, 2.75) is 19.6 Å². The van der Waals surface area contributed by atoms with E-state index >= 15 is 0 Å². The zero-order valence-corrected chi connectivity index (χ0v) is 52.9. The molecule has 0 spiro atoms. The van der Waals surface area contributed by atoms with Gasteiger partial charge >= 0.3 is 162 Å². The maximum Gasteiger partial charge on any atom is 1.00 e. The average Bonchev–Trinajstić information content (AvgIpc) is 3.24. The van der Waals surface area contributed by atoms with Crippen LogP contribution in [0.2, 0.25) is 0 Å². The zero-order chi connectivity index (χ0) is 50.9. The third kappa shape index (κ3) is 19.9. The summed E-state index contributed by atoms with van der Waals surface area (Å²) in [5.41, 5.74) is -1.23. The van der Waals surface area contributed by atoms with Gasteiger partial charge in [-0.05, 0) is 72.8 Å². The van der Waals surface area contributed by atoms with Gasteiger partial charge in [0.05, 0.1) is 55.4 Å². The van der Waals surface area contributed by atoms with Crippen molar-refractivity contribution in [3.63, 3.8) is 0 Å². The third-order valence-electron chi connectivity index (χ3n) is 8.22. The van der Waals surface area contributed by atoms with Gasteiger partial charge in [-0.1, -0.05) is 18.2 Å². The monoisotopic (exact) mass is 1340 g/mol. The van der Waals surface area contributed by atoms with E-state index in [1.807, 2.05) is 18.6 Å². The van der Waals surface area contributed by atoms with Crippen molar-refractivity contribution in [1.82, 2.24) is 15.0 Å². The number of benzene rings is 5. The molecule has 0 radical (unpaired) electrons. The van der Waals surface area contributed by atoms with Crippen molar-refractivity contribution in [3.05, 3.63) is 103 Å². The van der Waals surface area contributed by atoms with Crippen LogP contribution in [0, 0.1) is 6.08 Å². The van der Waals surface area contributed by atoms with Crippen LogP contribution in [0.15, 0.2) is 121 Å². The Balaban J connectivity index is 0.00000321. The molecule has 71 heavy (non-hydrogen) atoms. The maximum atomic E-state index is 14.6. The van der Waals surface area contributed by atoms with E-state index < -0.39 is 127 Å². The van der Waals surface area contributed by atoms with E-state index in [0.29, 0.717) is 0 Å². The number of aromatic nitrogens is 3. The molecule has 358 valence electrons. The smallest absolute Gasteiger partial charge is 1.00 e. The van der Waals surface area contributed by atoms with Crippen LogP contribution in [0.3, 0.4) is 0 Å². The van der Waals surface area contributed by atoms with Crippen LogP contribution in [-0.4, -0.2) is 86.8 Å². The van der Waals surface area contributed by atoms with Crippen LogP contribution < -0.4 is 139 Å². The quantitative estimate of drug-likeness (QED) is 0.00908. The standard InChI is InChI=1S/C34H27FN8O17S5.H2I2.4Na/c35-32-39-33(37-20-6-3-9-23(16-20)63(49,50)51)41-34(40-32)38-26-11-10-24-25(30(26)64(52,53)54)17-27(61-60-59-46)28(29(24)44)43-42-21-7-1-4-18(14-21)31(45)36-19-5-2-8-22(15-19)62(47,48)13-12-58-65(55,56)57;1-2;;;;/h1-11,14-17,44,46H,12-13H2,(H,36,45)(H,49,50,51)(H,52,53,54)(H,55,56,57)(H2,37,38,39,40,41);1H2;;;;/q;;4*+1/p-4/i;1TD;;;;. The summed E-state index contributed by atoms with van der Waals surface area (Å²) in [6.07, 6.45) is -1.44. The second-order valence-corrected chi connectivity index (χ2v) is 19.1. The first kappa shape index (κ1) is 64.4. The van der Waals surface area contributed by atoms with Gasteiger partial charge in [0.25, 0.3) is 5.91 Å². The zero-order valence-electron chi connectivity index (χ0n) is 38.5. The summed E-state index contributed by atoms with van der Waals surface area (Å²) in [6, 6.07) is 17.5. The Bertz CT molecular complexity index is 3430. The second kappa shape index (κ2) is 30.1. The molecular formula is C34H25FI2N8Na4O17S5. The number of halogens is 3. The first-order valence-corrected chi connectivity index (χ1v) is 30.2. The van der Waals surface area contributed by atoms with E-state index in [2.05, 4.69) is 54.7 Å². The summed E-state index contributed by atoms with van der Waals surface area (Å²) in [5.74, 6) is -3.74. The van der Waals surface area contributed by atoms with Crippen LogP contribution in [0.25, 0.3) is 10.8 Å². The molecule has 6 rings (SSSR count). The Hall–Kier alpha value is -0.900. The number of carbonyl (C=O) groups is 1. The Kier molecular flexibility index (Phi) is 27.3. The number of nitrogens with zero attached hydrogens (tertiary/aromatic N) is 5. The topological polar surface area (TPSA) is 393 Å². The van der Waals surface area contributed by atoms with Crippen molar-refractivity contribution in [2.75, 3.05) is 28.3 Å². The van der Waals surface area contributed by atoms with Crippen LogP contribution in [-0.2, 0) is 54.0 Å². The number of phenolic OH excluding ortho intramolecular Hbond substituents is 1. The van der Waals surface area contributed by atoms with Crippen LogP contribution in [0.4, 0.5) is 44.7 Å². The molecule has 0 aliphatic heterocycles. The van der Waals surface area contributed by atoms with Gasteiger partial charge < -0.3 is 40.0 Å². The van der Waals surface area contributed by atoms with E-state index in [9.17, 15) is 66.9 Å². The number of nitrogens with one attached hydrogen (secondary N) is 3. The van der Waals surface area contributed by atoms with Crippen LogP contribution in [0.5, 0.6) is 5.75 Å². The molecule has 0 unspecified atom stereocenters. The van der Waals surface area contributed by atoms with Gasteiger partial charge in [0, 0.05) is 27.7 Å². The Morgan fingerprint density at radius 2 is 1.42 bits per heavy atom. The number of anilines is 5. The van der Waals surface area contributed by atoms with Crippen LogP contribution in [0.1, 0.15) is 10.4 Å². The summed E-state index contributed by atoms with van der Waals surface area (Å²) < 4.78 is 166. The van der Waals surface area contributed by atoms with Gasteiger partial charge in [-0.25, -0.2) is 33.7 Å². The number of hydrogen-bond acceptors (Lipinski definition) is 25. The number of carbonyl (C=O) groups excluding carboxylic acids is 1. The maximum absolute atomic E-state index is 14.6. The van der Waals surface area contributed by atoms with Crippen molar-refractivity contribution in [1.29, 1.82) is 1.19 Å². The summed E-state index contributed by atoms with van der Waals surface area (Å²) in [4.78, 5) is 21.5. The van der Waals surface area contributed by atoms with E-state index in [1.54, 1.807) is 0 Å². The number of phenols is 1. The number of amides is 1. The van der Waals surface area contributed by atoms with Gasteiger partial charge in [0.1, 0.15) is 25.9 Å². The second-order valence-electron chi connectivity index (χ2n) is 12.5. The number of rotatable bonds is 18. The SMILES string of the molecule is O=C(Nc1cccc(S(=O)(=O)CCOS(=O)(=O)[O-])c1)c1cccc(N=Nc2c(SOO[O-])cc3c(S(=O)(=O)[O-])c(Nc4nc(F)nc(Nc5cccc(S(=O)(=O)[O-])c5)n4)ccc3c2O)c1.[2H]I([3H])I.[Na+].[Na+].[Na+].[Na+]. The molecule has 5 aromatic carbocycles. The number of aromatic hydroxyl groups is 1. The van der Waals surface area contributed by atoms with E-state index in [-0.39, 0.29) is 168 Å². The molecule has 25 nitrogen and oxygen atoms in total. The predicted molar refractivity (Wildman–Crippen MR) is 246 cm³/mol. The fourth-order valence-electron chi connectivity index (χ4n) is 5.56. The predicted octanol–water partition coefficient (Wildman–Crippen LogP) is -7.43. The Labute approximate surface area is 519 Å². The molecule has 1 aromatic heterocycles. The number of fused-ring (bicyclic) bond motifs is 1. The van der Waals surface area contributed by atoms with E-state index in [4.69, 9.17) is 1.19 Å². The molecule has 4 N–H and O–H groups in total. The summed E-state index contributed by atoms with van der Waals surface area (Å²) >= 11 is 0.137. The average molecular weight is 1350 g/mol. The van der Waals surface area contributed by atoms with Gasteiger partial charge in [0.2, 0.25) is 22.3 Å². The molecule has 1 amide bonds. The molecular weight excluding hydrogens is 1320 g/mol. The molecule has 0 fully saturated rings. The van der Waals surface area contributed by atoms with Gasteiger partial charge in [-0.3, -0.25) is 14.0 Å². The van der Waals surface area contributed by atoms with Crippen LogP contribution >= 0.6 is 48.9 Å². The molecule has 0 atom stereocenters. The molecule has 0 saturated carbocycles. The minimum Gasteiger partial charge on any atom is 1.00 e. The van der Waals surface area contributed by atoms with E-state index in [1.165, 1.54) is 48.5 Å². The minimum absolute atomic E-state index is 0. The summed E-state index contributed by atoms with van der Waals surface area (Å²) in [5, 5.41) is 40.0. The fourth-order valence-corrected chi connectivity index (χ4v) is 8.91. The fraction of sp³-hybridized carbons (Fsp3) is 0.0588. The van der Waals surface area contributed by atoms with Gasteiger partial charge in [0.15, 0.2) is 15.6 Å². The summed E-state index contributed by atoms with van der Waals surface area (Å²) in [7, 11) is -19.7. The molecule has 0 bridgehead atoms. The Morgan fingerprint density at radius 3 is 2.04 bits per heavy atom. The molecule has 0 aliphatic carbocycles. The third-order valence-corrected chi connectivity index (χ3v) is 12.7. The molecule has 0 aliphatic rings. The number of hydrogen-bond donors (Lipinski definition) is 4. The molecule has 37 heteroatoms. The van der Waals surface area contributed by atoms with E-state index in [0.717, 1.165) is 42.5 Å². The summed E-state index contributed by atoms with van der Waals surface area (Å²) in [6.45, 7) is -0.944. The molecule has 6 aromatic rings. The first-order chi connectivity index (χ1) is 32.2. The number of sulfone groups is 1. The van der Waals surface area contributed by atoms with Crippen molar-refractivity contribution in [2.24, 2.45) is 10.2 Å². The largest absolute Gasteiger partial charge is 1.00 e. The number of azo groups is 1. The van der Waals surface area contributed by atoms with Gasteiger partial charge in [-0.15, -0.1) is 5.11 Å². The molecule has 1 heterocycles.